The number of carbonyl (C=O) groups is 2. The molecule has 0 radical (unpaired) electrons. The number of carboxylic acid groups (broad SMARTS) is 1. The van der Waals surface area contributed by atoms with Gasteiger partial charge < -0.3 is 20.4 Å². The number of rotatable bonds is 6. The van der Waals surface area contributed by atoms with Crippen LogP contribution >= 0.6 is 0 Å². The Morgan fingerprint density at radius 2 is 2.05 bits per heavy atom. The molecule has 3 N–H and O–H groups in total. The lowest BCUT2D eigenvalue weighted by Crippen LogP contribution is -2.54. The number of carboxylic acids is 1. The van der Waals surface area contributed by atoms with Gasteiger partial charge in [0.05, 0.1) is 18.6 Å². The van der Waals surface area contributed by atoms with E-state index in [1.807, 2.05) is 4.90 Å². The highest BCUT2D eigenvalue weighted by Gasteiger charge is 2.34. The van der Waals surface area contributed by atoms with Crippen LogP contribution in [-0.4, -0.2) is 57.3 Å². The summed E-state index contributed by atoms with van der Waals surface area (Å²) in [6.45, 7) is 1.17. The minimum Gasteiger partial charge on any atom is -0.481 e. The number of β-amino-alcohol motifs (C(OH)–C–C–N with tert-alkyl or cyclic N) is 1. The molecular formula is C14H20N4O4. The molecule has 0 aromatic carbocycles. The monoisotopic (exact) mass is 308 g/mol. The number of aliphatic carboxylic acids is 1. The molecule has 1 atom stereocenters. The van der Waals surface area contributed by atoms with Crippen LogP contribution in [-0.2, 0) is 9.59 Å². The summed E-state index contributed by atoms with van der Waals surface area (Å²) < 4.78 is 0. The predicted octanol–water partition coefficient (Wildman–Crippen LogP) is -0.211. The molecule has 0 aliphatic carbocycles. The molecule has 0 unspecified atom stereocenters. The summed E-state index contributed by atoms with van der Waals surface area (Å²) in [5.41, 5.74) is -1.06. The maximum Gasteiger partial charge on any atom is 0.303 e. The Morgan fingerprint density at radius 3 is 2.73 bits per heavy atom. The Labute approximate surface area is 128 Å². The second-order valence-corrected chi connectivity index (χ2v) is 5.47. The number of amides is 1. The highest BCUT2D eigenvalue weighted by atomic mass is 16.4. The van der Waals surface area contributed by atoms with Crippen LogP contribution in [0.2, 0.25) is 0 Å². The SMILES string of the molecule is O=C(O)CCC(=O)NC[C@]1(O)CCCN(c2ncccn2)C1. The number of aromatic nitrogens is 2. The van der Waals surface area contributed by atoms with Crippen molar-refractivity contribution >= 4 is 17.8 Å². The lowest BCUT2D eigenvalue weighted by Gasteiger charge is -2.39. The number of hydrogen-bond acceptors (Lipinski definition) is 6. The van der Waals surface area contributed by atoms with Crippen molar-refractivity contribution in [1.29, 1.82) is 0 Å². The van der Waals surface area contributed by atoms with Crippen molar-refractivity contribution < 1.29 is 19.8 Å². The summed E-state index contributed by atoms with van der Waals surface area (Å²) in [5.74, 6) is -0.833. The first-order valence-electron chi connectivity index (χ1n) is 7.21. The maximum atomic E-state index is 11.6. The van der Waals surface area contributed by atoms with Crippen LogP contribution in [0.5, 0.6) is 0 Å². The average molecular weight is 308 g/mol. The zero-order chi connectivity index (χ0) is 16.0. The highest BCUT2D eigenvalue weighted by Crippen LogP contribution is 2.23. The van der Waals surface area contributed by atoms with Gasteiger partial charge in [-0.3, -0.25) is 9.59 Å². The second kappa shape index (κ2) is 7.17. The summed E-state index contributed by atoms with van der Waals surface area (Å²) in [6.07, 6.45) is 4.31. The van der Waals surface area contributed by atoms with Gasteiger partial charge in [-0.1, -0.05) is 0 Å². The molecule has 2 rings (SSSR count). The molecule has 1 fully saturated rings. The van der Waals surface area contributed by atoms with Gasteiger partial charge in [-0.2, -0.15) is 0 Å². The molecule has 0 spiro atoms. The minimum atomic E-state index is -1.06. The first-order valence-corrected chi connectivity index (χ1v) is 7.21. The van der Waals surface area contributed by atoms with Gasteiger partial charge in [-0.25, -0.2) is 9.97 Å². The third-order valence-corrected chi connectivity index (χ3v) is 3.57. The van der Waals surface area contributed by atoms with E-state index in [1.165, 1.54) is 0 Å². The third-order valence-electron chi connectivity index (χ3n) is 3.57. The molecule has 120 valence electrons. The zero-order valence-electron chi connectivity index (χ0n) is 12.2. The van der Waals surface area contributed by atoms with Crippen molar-refractivity contribution in [2.45, 2.75) is 31.3 Å². The zero-order valence-corrected chi connectivity index (χ0v) is 12.2. The summed E-state index contributed by atoms with van der Waals surface area (Å²) in [7, 11) is 0. The van der Waals surface area contributed by atoms with Gasteiger partial charge in [0, 0.05) is 31.9 Å². The van der Waals surface area contributed by atoms with Crippen LogP contribution < -0.4 is 10.2 Å². The smallest absolute Gasteiger partial charge is 0.303 e. The molecule has 0 bridgehead atoms. The highest BCUT2D eigenvalue weighted by molar-refractivity contribution is 5.80. The van der Waals surface area contributed by atoms with Gasteiger partial charge in [0.15, 0.2) is 0 Å². The fourth-order valence-electron chi connectivity index (χ4n) is 2.45. The Morgan fingerprint density at radius 1 is 1.32 bits per heavy atom. The van der Waals surface area contributed by atoms with Crippen LogP contribution in [0.25, 0.3) is 0 Å². The van der Waals surface area contributed by atoms with Crippen molar-refractivity contribution in [3.05, 3.63) is 18.5 Å². The molecule has 8 heteroatoms. The third kappa shape index (κ3) is 4.66. The Bertz CT molecular complexity index is 525. The van der Waals surface area contributed by atoms with Gasteiger partial charge in [-0.15, -0.1) is 0 Å². The average Bonchev–Trinajstić information content (AvgIpc) is 2.52. The lowest BCUT2D eigenvalue weighted by atomic mass is 9.93. The molecule has 0 saturated carbocycles. The van der Waals surface area contributed by atoms with E-state index >= 15 is 0 Å². The lowest BCUT2D eigenvalue weighted by molar-refractivity contribution is -0.139. The van der Waals surface area contributed by atoms with Crippen LogP contribution in [0.1, 0.15) is 25.7 Å². The maximum absolute atomic E-state index is 11.6. The van der Waals surface area contributed by atoms with Gasteiger partial charge >= 0.3 is 5.97 Å². The molecule has 1 aliphatic rings. The normalized spacial score (nSPS) is 21.4. The first-order chi connectivity index (χ1) is 10.5. The van der Waals surface area contributed by atoms with Crippen molar-refractivity contribution in [2.24, 2.45) is 0 Å². The van der Waals surface area contributed by atoms with E-state index < -0.39 is 11.6 Å². The summed E-state index contributed by atoms with van der Waals surface area (Å²) in [5, 5.41) is 21.7. The van der Waals surface area contributed by atoms with E-state index in [0.29, 0.717) is 18.9 Å². The van der Waals surface area contributed by atoms with Crippen LogP contribution in [0.4, 0.5) is 5.95 Å². The summed E-state index contributed by atoms with van der Waals surface area (Å²) in [4.78, 5) is 32.2. The van der Waals surface area contributed by atoms with Gasteiger partial charge in [-0.05, 0) is 18.9 Å². The van der Waals surface area contributed by atoms with Gasteiger partial charge in [0.2, 0.25) is 11.9 Å². The molecule has 8 nitrogen and oxygen atoms in total. The number of nitrogens with one attached hydrogen (secondary N) is 1. The predicted molar refractivity (Wildman–Crippen MR) is 78.3 cm³/mol. The minimum absolute atomic E-state index is 0.0864. The van der Waals surface area contributed by atoms with E-state index in [4.69, 9.17) is 5.11 Å². The first kappa shape index (κ1) is 16.2. The fourth-order valence-corrected chi connectivity index (χ4v) is 2.45. The number of nitrogens with zero attached hydrogens (tertiary/aromatic N) is 3. The largest absolute Gasteiger partial charge is 0.481 e. The Hall–Kier alpha value is -2.22. The molecule has 2 heterocycles. The van der Waals surface area contributed by atoms with Crippen molar-refractivity contribution in [2.75, 3.05) is 24.5 Å². The fraction of sp³-hybridized carbons (Fsp3) is 0.571. The molecule has 1 aliphatic heterocycles. The number of piperidine rings is 1. The number of carbonyl (C=O) groups excluding carboxylic acids is 1. The van der Waals surface area contributed by atoms with Gasteiger partial charge in [0.1, 0.15) is 0 Å². The van der Waals surface area contributed by atoms with Crippen LogP contribution in [0.15, 0.2) is 18.5 Å². The molecule has 1 amide bonds. The van der Waals surface area contributed by atoms with Crippen molar-refractivity contribution in [3.63, 3.8) is 0 Å². The second-order valence-electron chi connectivity index (χ2n) is 5.47. The Kier molecular flexibility index (Phi) is 5.26. The Balaban J connectivity index is 1.87. The van der Waals surface area contributed by atoms with E-state index in [0.717, 1.165) is 13.0 Å². The number of anilines is 1. The standard InChI is InChI=1S/C14H20N4O4/c19-11(3-4-12(20)21)17-9-14(22)5-1-8-18(10-14)13-15-6-2-7-16-13/h2,6-7,22H,1,3-5,8-10H2,(H,17,19)(H,20,21)/t14-/m1/s1. The summed E-state index contributed by atoms with van der Waals surface area (Å²) >= 11 is 0. The molecular weight excluding hydrogens is 288 g/mol. The van der Waals surface area contributed by atoms with Gasteiger partial charge in [0.25, 0.3) is 0 Å². The topological polar surface area (TPSA) is 116 Å². The van der Waals surface area contributed by atoms with E-state index in [-0.39, 0.29) is 25.3 Å². The molecule has 1 saturated heterocycles. The van der Waals surface area contributed by atoms with Crippen molar-refractivity contribution in [1.82, 2.24) is 15.3 Å². The molecule has 1 aromatic rings. The quantitative estimate of drug-likeness (QED) is 0.666. The number of aliphatic hydroxyl groups is 1. The molecule has 22 heavy (non-hydrogen) atoms. The molecule has 1 aromatic heterocycles. The number of hydrogen-bond donors (Lipinski definition) is 3. The van der Waals surface area contributed by atoms with Crippen LogP contribution in [0, 0.1) is 0 Å². The van der Waals surface area contributed by atoms with E-state index in [1.54, 1.807) is 18.5 Å². The van der Waals surface area contributed by atoms with Crippen LogP contribution in [0.3, 0.4) is 0 Å². The van der Waals surface area contributed by atoms with E-state index in [9.17, 15) is 14.7 Å². The van der Waals surface area contributed by atoms with E-state index in [2.05, 4.69) is 15.3 Å². The van der Waals surface area contributed by atoms with Crippen molar-refractivity contribution in [3.8, 4) is 0 Å². The summed E-state index contributed by atoms with van der Waals surface area (Å²) in [6, 6.07) is 1.72.